The van der Waals surface area contributed by atoms with Gasteiger partial charge in [-0.15, -0.1) is 0 Å². The third-order valence-electron chi connectivity index (χ3n) is 3.37. The largest absolute Gasteiger partial charge is 0.444 e. The predicted octanol–water partition coefficient (Wildman–Crippen LogP) is 2.18. The maximum absolute atomic E-state index is 11.8. The molecule has 0 aromatic carbocycles. The highest BCUT2D eigenvalue weighted by Gasteiger charge is 2.26. The molecule has 1 aliphatic carbocycles. The smallest absolute Gasteiger partial charge is 0.408 e. The van der Waals surface area contributed by atoms with Crippen molar-refractivity contribution in [1.29, 1.82) is 0 Å². The summed E-state index contributed by atoms with van der Waals surface area (Å²) in [5.41, 5.74) is -0.842. The fraction of sp³-hybridized carbons (Fsp3) is 0.933. The van der Waals surface area contributed by atoms with E-state index in [0.717, 1.165) is 25.7 Å². The summed E-state index contributed by atoms with van der Waals surface area (Å²) >= 11 is 0. The molecule has 0 bridgehead atoms. The van der Waals surface area contributed by atoms with Gasteiger partial charge in [-0.2, -0.15) is 0 Å². The lowest BCUT2D eigenvalue weighted by molar-refractivity contribution is 0.0468. The van der Waals surface area contributed by atoms with Crippen molar-refractivity contribution in [2.75, 3.05) is 6.54 Å². The highest BCUT2D eigenvalue weighted by molar-refractivity contribution is 5.68. The molecule has 20 heavy (non-hydrogen) atoms. The molecule has 1 saturated carbocycles. The number of amides is 1. The van der Waals surface area contributed by atoms with E-state index >= 15 is 0 Å². The Morgan fingerprint density at radius 3 is 2.20 bits per heavy atom. The van der Waals surface area contributed by atoms with E-state index in [-0.39, 0.29) is 17.7 Å². The average Bonchev–Trinajstić information content (AvgIpc) is 2.24. The first-order valence-corrected chi connectivity index (χ1v) is 7.50. The van der Waals surface area contributed by atoms with Crippen LogP contribution in [0.5, 0.6) is 0 Å². The molecule has 0 heterocycles. The minimum Gasteiger partial charge on any atom is -0.444 e. The number of hydrogen-bond donors (Lipinski definition) is 3. The van der Waals surface area contributed by atoms with Crippen LogP contribution in [0.4, 0.5) is 4.79 Å². The van der Waals surface area contributed by atoms with Gasteiger partial charge in [0.1, 0.15) is 5.60 Å². The van der Waals surface area contributed by atoms with E-state index in [4.69, 9.17) is 4.74 Å². The van der Waals surface area contributed by atoms with Gasteiger partial charge in [0.05, 0.1) is 11.6 Å². The molecule has 0 radical (unpaired) electrons. The maximum atomic E-state index is 11.8. The third kappa shape index (κ3) is 7.10. The maximum Gasteiger partial charge on any atom is 0.408 e. The topological polar surface area (TPSA) is 70.6 Å². The third-order valence-corrected chi connectivity index (χ3v) is 3.37. The second-order valence-electron chi connectivity index (χ2n) is 7.40. The first kappa shape index (κ1) is 17.2. The molecule has 0 aromatic rings. The van der Waals surface area contributed by atoms with E-state index in [9.17, 15) is 9.90 Å². The zero-order chi connectivity index (χ0) is 15.4. The molecule has 0 unspecified atom stereocenters. The van der Waals surface area contributed by atoms with E-state index in [1.807, 2.05) is 34.6 Å². The van der Waals surface area contributed by atoms with Crippen LogP contribution >= 0.6 is 0 Å². The molecule has 0 spiro atoms. The molecule has 1 rings (SSSR count). The van der Waals surface area contributed by atoms with Gasteiger partial charge >= 0.3 is 6.09 Å². The number of rotatable bonds is 4. The summed E-state index contributed by atoms with van der Waals surface area (Å²) in [5.74, 6) is 0. The van der Waals surface area contributed by atoms with Crippen molar-refractivity contribution in [2.24, 2.45) is 0 Å². The number of hydrogen-bond acceptors (Lipinski definition) is 4. The molecule has 1 aliphatic rings. The summed E-state index contributed by atoms with van der Waals surface area (Å²) in [6, 6.07) is 0.429. The lowest BCUT2D eigenvalue weighted by Crippen LogP contribution is -2.53. The Kier molecular flexibility index (Phi) is 5.83. The minimum absolute atomic E-state index is 0.138. The zero-order valence-electron chi connectivity index (χ0n) is 13.5. The zero-order valence-corrected chi connectivity index (χ0v) is 13.5. The minimum atomic E-state index is -0.479. The van der Waals surface area contributed by atoms with Crippen LogP contribution < -0.4 is 10.6 Å². The summed E-state index contributed by atoms with van der Waals surface area (Å²) in [4.78, 5) is 11.8. The normalized spacial score (nSPS) is 24.3. The van der Waals surface area contributed by atoms with Crippen molar-refractivity contribution >= 4 is 6.09 Å². The second-order valence-corrected chi connectivity index (χ2v) is 7.40. The molecular weight excluding hydrogens is 256 g/mol. The van der Waals surface area contributed by atoms with Crippen LogP contribution in [0.3, 0.4) is 0 Å². The van der Waals surface area contributed by atoms with E-state index in [2.05, 4.69) is 10.6 Å². The fourth-order valence-corrected chi connectivity index (χ4v) is 2.30. The lowest BCUT2D eigenvalue weighted by Gasteiger charge is -2.32. The Hall–Kier alpha value is -0.810. The van der Waals surface area contributed by atoms with Crippen LogP contribution in [0.2, 0.25) is 0 Å². The predicted molar refractivity (Wildman–Crippen MR) is 79.7 cm³/mol. The average molecular weight is 286 g/mol. The van der Waals surface area contributed by atoms with E-state index in [0.29, 0.717) is 12.6 Å². The molecule has 5 nitrogen and oxygen atoms in total. The number of aliphatic hydroxyl groups is 1. The first-order valence-electron chi connectivity index (χ1n) is 7.50. The van der Waals surface area contributed by atoms with Crippen LogP contribution in [0.1, 0.15) is 60.3 Å². The van der Waals surface area contributed by atoms with Gasteiger partial charge in [-0.1, -0.05) is 0 Å². The van der Waals surface area contributed by atoms with Gasteiger partial charge in [0.2, 0.25) is 0 Å². The Labute approximate surface area is 122 Å². The van der Waals surface area contributed by atoms with Gasteiger partial charge in [0, 0.05) is 12.6 Å². The summed E-state index contributed by atoms with van der Waals surface area (Å²) in [7, 11) is 0. The van der Waals surface area contributed by atoms with Crippen LogP contribution in [-0.4, -0.2) is 41.0 Å². The Morgan fingerprint density at radius 2 is 1.70 bits per heavy atom. The van der Waals surface area contributed by atoms with Crippen LogP contribution in [0.15, 0.2) is 0 Å². The highest BCUT2D eigenvalue weighted by atomic mass is 16.6. The van der Waals surface area contributed by atoms with Crippen LogP contribution in [0, 0.1) is 0 Å². The van der Waals surface area contributed by atoms with Gasteiger partial charge in [-0.3, -0.25) is 0 Å². The van der Waals surface area contributed by atoms with Gasteiger partial charge in [0.15, 0.2) is 0 Å². The van der Waals surface area contributed by atoms with Crippen molar-refractivity contribution in [1.82, 2.24) is 10.6 Å². The number of aliphatic hydroxyl groups excluding tert-OH is 1. The Morgan fingerprint density at radius 1 is 1.15 bits per heavy atom. The lowest BCUT2D eigenvalue weighted by atomic mass is 9.92. The van der Waals surface area contributed by atoms with Crippen LogP contribution in [-0.2, 0) is 4.74 Å². The second kappa shape index (κ2) is 6.76. The molecule has 0 aromatic heterocycles. The Bertz CT molecular complexity index is 316. The quantitative estimate of drug-likeness (QED) is 0.741. The SMILES string of the molecule is CC(C)(CNC1CCC(O)CC1)NC(=O)OC(C)(C)C. The molecule has 0 atom stereocenters. The molecule has 5 heteroatoms. The van der Waals surface area contributed by atoms with Crippen molar-refractivity contribution in [3.05, 3.63) is 0 Å². The first-order chi connectivity index (χ1) is 9.07. The van der Waals surface area contributed by atoms with Crippen molar-refractivity contribution in [3.8, 4) is 0 Å². The number of carbonyl (C=O) groups is 1. The van der Waals surface area contributed by atoms with Gasteiger partial charge in [-0.25, -0.2) is 4.79 Å². The number of alkyl carbamates (subject to hydrolysis) is 1. The van der Waals surface area contributed by atoms with E-state index in [1.165, 1.54) is 0 Å². The Balaban J connectivity index is 2.32. The summed E-state index contributed by atoms with van der Waals surface area (Å²) in [5, 5.41) is 15.8. The van der Waals surface area contributed by atoms with E-state index < -0.39 is 5.60 Å². The number of carbonyl (C=O) groups excluding carboxylic acids is 1. The molecular formula is C15H30N2O3. The monoisotopic (exact) mass is 286 g/mol. The summed E-state index contributed by atoms with van der Waals surface area (Å²) < 4.78 is 5.27. The van der Waals surface area contributed by atoms with Crippen molar-refractivity contribution in [3.63, 3.8) is 0 Å². The van der Waals surface area contributed by atoms with Crippen molar-refractivity contribution in [2.45, 2.75) is 83.6 Å². The van der Waals surface area contributed by atoms with Gasteiger partial charge < -0.3 is 20.5 Å². The number of ether oxygens (including phenoxy) is 1. The molecule has 1 fully saturated rings. The van der Waals surface area contributed by atoms with E-state index in [1.54, 1.807) is 0 Å². The fourth-order valence-electron chi connectivity index (χ4n) is 2.30. The summed E-state index contributed by atoms with van der Waals surface area (Å²) in [6.07, 6.45) is 3.17. The molecule has 3 N–H and O–H groups in total. The standard InChI is InChI=1S/C15H30N2O3/c1-14(2,3)20-13(19)17-15(4,5)10-16-11-6-8-12(18)9-7-11/h11-12,16,18H,6-10H2,1-5H3,(H,17,19). The van der Waals surface area contributed by atoms with Crippen molar-refractivity contribution < 1.29 is 14.6 Å². The molecule has 118 valence electrons. The highest BCUT2D eigenvalue weighted by Crippen LogP contribution is 2.18. The van der Waals surface area contributed by atoms with Crippen LogP contribution in [0.25, 0.3) is 0 Å². The molecule has 0 aliphatic heterocycles. The molecule has 1 amide bonds. The van der Waals surface area contributed by atoms with Gasteiger partial charge in [-0.05, 0) is 60.3 Å². The molecule has 0 saturated heterocycles. The van der Waals surface area contributed by atoms with Gasteiger partial charge in [0.25, 0.3) is 0 Å². The number of nitrogens with one attached hydrogen (secondary N) is 2. The summed E-state index contributed by atoms with van der Waals surface area (Å²) in [6.45, 7) is 10.2.